The molecule has 26 heavy (non-hydrogen) atoms. The second kappa shape index (κ2) is 7.65. The average Bonchev–Trinajstić information content (AvgIpc) is 3.06. The molecule has 1 aromatic heterocycles. The van der Waals surface area contributed by atoms with Crippen LogP contribution in [0.2, 0.25) is 0 Å². The maximum absolute atomic E-state index is 14.0. The molecule has 0 saturated heterocycles. The van der Waals surface area contributed by atoms with Gasteiger partial charge in [0.1, 0.15) is 11.5 Å². The maximum Gasteiger partial charge on any atom is 0.272 e. The maximum atomic E-state index is 14.0. The van der Waals surface area contributed by atoms with Crippen LogP contribution < -0.4 is 10.6 Å². The Morgan fingerprint density at radius 2 is 1.77 bits per heavy atom. The lowest BCUT2D eigenvalue weighted by Gasteiger charge is -2.12. The zero-order chi connectivity index (χ0) is 18.5. The molecule has 0 bridgehead atoms. The summed E-state index contributed by atoms with van der Waals surface area (Å²) in [5.41, 5.74) is 1.89. The number of rotatable bonds is 5. The Morgan fingerprint density at radius 3 is 2.50 bits per heavy atom. The molecule has 0 fully saturated rings. The van der Waals surface area contributed by atoms with Gasteiger partial charge in [-0.15, -0.1) is 0 Å². The second-order valence-corrected chi connectivity index (χ2v) is 5.84. The summed E-state index contributed by atoms with van der Waals surface area (Å²) in [7, 11) is 0. The molecule has 5 nitrogen and oxygen atoms in total. The van der Waals surface area contributed by atoms with Crippen molar-refractivity contribution in [3.05, 3.63) is 83.9 Å². The molecule has 3 rings (SSSR count). The van der Waals surface area contributed by atoms with E-state index < -0.39 is 11.7 Å². The number of carbonyl (C=O) groups excluding carboxylic acids is 2. The van der Waals surface area contributed by atoms with E-state index in [9.17, 15) is 14.0 Å². The fraction of sp³-hybridized carbons (Fsp3) is 0.100. The molecule has 2 aromatic carbocycles. The number of amides is 2. The summed E-state index contributed by atoms with van der Waals surface area (Å²) in [5, 5.41) is 5.13. The van der Waals surface area contributed by atoms with Gasteiger partial charge in [-0.2, -0.15) is 0 Å². The first kappa shape index (κ1) is 17.4. The third kappa shape index (κ3) is 4.16. The normalized spacial score (nSPS) is 10.4. The van der Waals surface area contributed by atoms with Gasteiger partial charge in [0.2, 0.25) is 5.91 Å². The van der Waals surface area contributed by atoms with Crippen molar-refractivity contribution in [3.8, 4) is 0 Å². The molecule has 0 unspecified atom stereocenters. The number of anilines is 2. The van der Waals surface area contributed by atoms with E-state index in [2.05, 4.69) is 10.6 Å². The summed E-state index contributed by atoms with van der Waals surface area (Å²) in [5.74, 6) is -1.27. The van der Waals surface area contributed by atoms with Crippen molar-refractivity contribution >= 4 is 23.2 Å². The smallest absolute Gasteiger partial charge is 0.272 e. The molecule has 0 aliphatic carbocycles. The summed E-state index contributed by atoms with van der Waals surface area (Å²) in [6.45, 7) is 1.89. The van der Waals surface area contributed by atoms with E-state index in [1.807, 2.05) is 30.3 Å². The highest BCUT2D eigenvalue weighted by molar-refractivity contribution is 6.03. The number of halogens is 1. The first-order chi connectivity index (χ1) is 12.5. The van der Waals surface area contributed by atoms with Crippen LogP contribution >= 0.6 is 0 Å². The molecule has 2 N–H and O–H groups in total. The molecule has 0 spiro atoms. The first-order valence-corrected chi connectivity index (χ1v) is 8.10. The summed E-state index contributed by atoms with van der Waals surface area (Å²) in [6, 6.07) is 17.2. The topological polar surface area (TPSA) is 63.1 Å². The zero-order valence-corrected chi connectivity index (χ0v) is 14.2. The van der Waals surface area contributed by atoms with Gasteiger partial charge < -0.3 is 15.2 Å². The second-order valence-electron chi connectivity index (χ2n) is 5.84. The SMILES string of the molecule is CC(=O)Nc1ccc(F)c(NC(=O)c2cccn2Cc2ccccc2)c1. The Kier molecular flexibility index (Phi) is 5.12. The molecule has 1 heterocycles. The molecular weight excluding hydrogens is 333 g/mol. The van der Waals surface area contributed by atoms with Crippen molar-refractivity contribution in [1.82, 2.24) is 4.57 Å². The Labute approximate surface area is 150 Å². The van der Waals surface area contributed by atoms with Gasteiger partial charge in [-0.25, -0.2) is 4.39 Å². The van der Waals surface area contributed by atoms with Gasteiger partial charge in [0, 0.05) is 25.4 Å². The lowest BCUT2D eigenvalue weighted by atomic mass is 10.2. The van der Waals surface area contributed by atoms with Gasteiger partial charge >= 0.3 is 0 Å². The molecule has 132 valence electrons. The van der Waals surface area contributed by atoms with Crippen LogP contribution in [-0.4, -0.2) is 16.4 Å². The van der Waals surface area contributed by atoms with Crippen LogP contribution in [0.5, 0.6) is 0 Å². The molecule has 0 saturated carbocycles. The highest BCUT2D eigenvalue weighted by Gasteiger charge is 2.14. The third-order valence-corrected chi connectivity index (χ3v) is 3.79. The van der Waals surface area contributed by atoms with Crippen LogP contribution in [0.15, 0.2) is 66.9 Å². The summed E-state index contributed by atoms with van der Waals surface area (Å²) in [6.07, 6.45) is 1.80. The van der Waals surface area contributed by atoms with E-state index in [1.54, 1.807) is 22.9 Å². The molecule has 6 heteroatoms. The van der Waals surface area contributed by atoms with E-state index >= 15 is 0 Å². The van der Waals surface area contributed by atoms with Crippen LogP contribution in [-0.2, 0) is 11.3 Å². The van der Waals surface area contributed by atoms with E-state index in [0.29, 0.717) is 17.9 Å². The van der Waals surface area contributed by atoms with E-state index in [1.165, 1.54) is 25.1 Å². The van der Waals surface area contributed by atoms with Crippen LogP contribution in [0.25, 0.3) is 0 Å². The number of nitrogens with zero attached hydrogens (tertiary/aromatic N) is 1. The Balaban J connectivity index is 1.79. The number of benzene rings is 2. The zero-order valence-electron chi connectivity index (χ0n) is 14.2. The number of aromatic nitrogens is 1. The van der Waals surface area contributed by atoms with Crippen molar-refractivity contribution in [2.24, 2.45) is 0 Å². The number of nitrogens with one attached hydrogen (secondary N) is 2. The number of carbonyl (C=O) groups is 2. The van der Waals surface area contributed by atoms with Gasteiger partial charge in [-0.05, 0) is 35.9 Å². The molecule has 2 amide bonds. The number of hydrogen-bond acceptors (Lipinski definition) is 2. The van der Waals surface area contributed by atoms with E-state index in [0.717, 1.165) is 5.56 Å². The highest BCUT2D eigenvalue weighted by atomic mass is 19.1. The van der Waals surface area contributed by atoms with Crippen molar-refractivity contribution in [1.29, 1.82) is 0 Å². The van der Waals surface area contributed by atoms with Crippen LogP contribution in [0.4, 0.5) is 15.8 Å². The van der Waals surface area contributed by atoms with Crippen LogP contribution in [0.3, 0.4) is 0 Å². The molecule has 0 atom stereocenters. The van der Waals surface area contributed by atoms with Gasteiger partial charge in [0.25, 0.3) is 5.91 Å². The van der Waals surface area contributed by atoms with Gasteiger partial charge in [-0.1, -0.05) is 30.3 Å². The summed E-state index contributed by atoms with van der Waals surface area (Å²) >= 11 is 0. The molecule has 0 radical (unpaired) electrons. The van der Waals surface area contributed by atoms with Crippen molar-refractivity contribution in [2.75, 3.05) is 10.6 Å². The summed E-state index contributed by atoms with van der Waals surface area (Å²) < 4.78 is 15.8. The Hall–Kier alpha value is -3.41. The van der Waals surface area contributed by atoms with Crippen molar-refractivity contribution in [2.45, 2.75) is 13.5 Å². The molecule has 0 aliphatic rings. The Morgan fingerprint density at radius 1 is 1.00 bits per heavy atom. The van der Waals surface area contributed by atoms with Gasteiger partial charge in [0.15, 0.2) is 0 Å². The minimum atomic E-state index is -0.575. The largest absolute Gasteiger partial charge is 0.339 e. The van der Waals surface area contributed by atoms with Gasteiger partial charge in [-0.3, -0.25) is 9.59 Å². The lowest BCUT2D eigenvalue weighted by molar-refractivity contribution is -0.114. The standard InChI is InChI=1S/C20H18FN3O2/c1-14(25)22-16-9-10-17(21)18(12-16)23-20(26)19-8-5-11-24(19)13-15-6-3-2-4-7-15/h2-12H,13H2,1H3,(H,22,25)(H,23,26). The quantitative estimate of drug-likeness (QED) is 0.733. The van der Waals surface area contributed by atoms with E-state index in [-0.39, 0.29) is 11.6 Å². The first-order valence-electron chi connectivity index (χ1n) is 8.10. The minimum absolute atomic E-state index is 0.00807. The minimum Gasteiger partial charge on any atom is -0.339 e. The number of hydrogen-bond donors (Lipinski definition) is 2. The molecule has 3 aromatic rings. The average molecular weight is 351 g/mol. The monoisotopic (exact) mass is 351 g/mol. The summed E-state index contributed by atoms with van der Waals surface area (Å²) in [4.78, 5) is 23.7. The Bertz CT molecular complexity index is 935. The third-order valence-electron chi connectivity index (χ3n) is 3.79. The van der Waals surface area contributed by atoms with Crippen LogP contribution in [0.1, 0.15) is 23.0 Å². The van der Waals surface area contributed by atoms with Crippen molar-refractivity contribution < 1.29 is 14.0 Å². The van der Waals surface area contributed by atoms with Gasteiger partial charge in [0.05, 0.1) is 5.69 Å². The predicted molar refractivity (Wildman–Crippen MR) is 98.6 cm³/mol. The molecular formula is C20H18FN3O2. The van der Waals surface area contributed by atoms with E-state index in [4.69, 9.17) is 0 Å². The van der Waals surface area contributed by atoms with Crippen LogP contribution in [0, 0.1) is 5.82 Å². The highest BCUT2D eigenvalue weighted by Crippen LogP contribution is 2.21. The fourth-order valence-electron chi connectivity index (χ4n) is 2.63. The fourth-order valence-corrected chi connectivity index (χ4v) is 2.63. The van der Waals surface area contributed by atoms with Crippen molar-refractivity contribution in [3.63, 3.8) is 0 Å². The lowest BCUT2D eigenvalue weighted by Crippen LogP contribution is -2.18. The predicted octanol–water partition coefficient (Wildman–Crippen LogP) is 3.89. The molecule has 0 aliphatic heterocycles.